The van der Waals surface area contributed by atoms with E-state index in [1.807, 2.05) is 24.3 Å². The van der Waals surface area contributed by atoms with Crippen LogP contribution in [-0.2, 0) is 0 Å². The Hall–Kier alpha value is -1.75. The summed E-state index contributed by atoms with van der Waals surface area (Å²) in [5, 5.41) is 13.2. The van der Waals surface area contributed by atoms with E-state index in [1.165, 1.54) is 0 Å². The lowest BCUT2D eigenvalue weighted by Crippen LogP contribution is -2.31. The van der Waals surface area contributed by atoms with E-state index in [0.717, 1.165) is 37.1 Å². The first kappa shape index (κ1) is 13.7. The smallest absolute Gasteiger partial charge is 0.193 e. The molecule has 1 aromatic rings. The Balaban J connectivity index is 1.90. The van der Waals surface area contributed by atoms with Gasteiger partial charge >= 0.3 is 0 Å². The lowest BCUT2D eigenvalue weighted by molar-refractivity contribution is 0.0575. The number of methoxy groups -OCH3 is 1. The lowest BCUT2D eigenvalue weighted by atomic mass is 10.0. The number of aliphatic hydroxyl groups is 1. The van der Waals surface area contributed by atoms with Crippen molar-refractivity contribution in [2.24, 2.45) is 10.7 Å². The first-order valence-electron chi connectivity index (χ1n) is 6.55. The molecule has 0 heterocycles. The molecule has 5 heteroatoms. The van der Waals surface area contributed by atoms with Gasteiger partial charge < -0.3 is 20.9 Å². The highest BCUT2D eigenvalue weighted by molar-refractivity contribution is 5.92. The maximum atomic E-state index is 10.2. The molecule has 0 amide bonds. The van der Waals surface area contributed by atoms with Crippen molar-refractivity contribution in [3.05, 3.63) is 24.3 Å². The number of anilines is 1. The van der Waals surface area contributed by atoms with Gasteiger partial charge in [-0.3, -0.25) is 4.99 Å². The number of ether oxygens (including phenoxy) is 1. The molecule has 0 spiro atoms. The predicted octanol–water partition coefficient (Wildman–Crippen LogP) is 1.73. The average Bonchev–Trinajstić information content (AvgIpc) is 2.85. The van der Waals surface area contributed by atoms with E-state index in [1.54, 1.807) is 7.11 Å². The molecular formula is C14H21N3O2. The summed E-state index contributed by atoms with van der Waals surface area (Å²) in [6.07, 6.45) is 3.76. The minimum atomic E-state index is -0.661. The van der Waals surface area contributed by atoms with E-state index >= 15 is 0 Å². The van der Waals surface area contributed by atoms with Gasteiger partial charge in [-0.15, -0.1) is 0 Å². The zero-order valence-electron chi connectivity index (χ0n) is 11.2. The predicted molar refractivity (Wildman–Crippen MR) is 76.5 cm³/mol. The van der Waals surface area contributed by atoms with E-state index in [2.05, 4.69) is 10.3 Å². The first-order chi connectivity index (χ1) is 9.11. The molecular weight excluding hydrogens is 242 g/mol. The number of guanidine groups is 1. The van der Waals surface area contributed by atoms with Crippen molar-refractivity contribution in [1.82, 2.24) is 0 Å². The molecule has 1 saturated carbocycles. The minimum absolute atomic E-state index is 0.325. The second kappa shape index (κ2) is 5.93. The summed E-state index contributed by atoms with van der Waals surface area (Å²) in [6.45, 7) is 0.363. The van der Waals surface area contributed by atoms with Gasteiger partial charge in [0.05, 0.1) is 19.3 Å². The number of aliphatic imine (C=N–C) groups is 1. The second-order valence-electron chi connectivity index (χ2n) is 4.99. The van der Waals surface area contributed by atoms with Gasteiger partial charge in [0, 0.05) is 5.69 Å². The Kier molecular flexibility index (Phi) is 4.27. The van der Waals surface area contributed by atoms with Crippen LogP contribution in [0.1, 0.15) is 25.7 Å². The first-order valence-corrected chi connectivity index (χ1v) is 6.55. The Labute approximate surface area is 113 Å². The van der Waals surface area contributed by atoms with E-state index in [-0.39, 0.29) is 0 Å². The van der Waals surface area contributed by atoms with Gasteiger partial charge in [0.1, 0.15) is 5.75 Å². The van der Waals surface area contributed by atoms with Crippen LogP contribution in [0.15, 0.2) is 29.3 Å². The third-order valence-corrected chi connectivity index (χ3v) is 3.44. The van der Waals surface area contributed by atoms with Crippen molar-refractivity contribution in [2.45, 2.75) is 31.3 Å². The molecule has 0 saturated heterocycles. The molecule has 1 aliphatic rings. The Bertz CT molecular complexity index is 437. The van der Waals surface area contributed by atoms with Crippen LogP contribution in [0, 0.1) is 0 Å². The summed E-state index contributed by atoms with van der Waals surface area (Å²) in [4.78, 5) is 4.22. The lowest BCUT2D eigenvalue weighted by Gasteiger charge is -2.19. The number of rotatable bonds is 4. The van der Waals surface area contributed by atoms with Crippen LogP contribution in [0.3, 0.4) is 0 Å². The highest BCUT2D eigenvalue weighted by atomic mass is 16.5. The third-order valence-electron chi connectivity index (χ3n) is 3.44. The molecule has 0 aliphatic heterocycles. The SMILES string of the molecule is COc1ccc(NC(N)=NCC2(O)CCCC2)cc1. The molecule has 4 N–H and O–H groups in total. The van der Waals surface area contributed by atoms with Gasteiger partial charge in [-0.2, -0.15) is 0 Å². The zero-order valence-corrected chi connectivity index (χ0v) is 11.2. The van der Waals surface area contributed by atoms with Gasteiger partial charge in [-0.05, 0) is 37.1 Å². The van der Waals surface area contributed by atoms with Crippen molar-refractivity contribution in [3.63, 3.8) is 0 Å². The van der Waals surface area contributed by atoms with Crippen molar-refractivity contribution in [2.75, 3.05) is 19.0 Å². The van der Waals surface area contributed by atoms with Gasteiger partial charge in [0.15, 0.2) is 5.96 Å². The fraction of sp³-hybridized carbons (Fsp3) is 0.500. The van der Waals surface area contributed by atoms with E-state index < -0.39 is 5.60 Å². The largest absolute Gasteiger partial charge is 0.497 e. The minimum Gasteiger partial charge on any atom is -0.497 e. The molecule has 19 heavy (non-hydrogen) atoms. The summed E-state index contributed by atoms with van der Waals surface area (Å²) in [5.74, 6) is 1.12. The van der Waals surface area contributed by atoms with Crippen molar-refractivity contribution >= 4 is 11.6 Å². The normalized spacial score (nSPS) is 18.3. The van der Waals surface area contributed by atoms with E-state index in [4.69, 9.17) is 10.5 Å². The quantitative estimate of drug-likeness (QED) is 0.571. The van der Waals surface area contributed by atoms with Gasteiger partial charge in [-0.1, -0.05) is 12.8 Å². The van der Waals surface area contributed by atoms with Crippen LogP contribution in [0.2, 0.25) is 0 Å². The number of nitrogens with one attached hydrogen (secondary N) is 1. The Morgan fingerprint density at radius 1 is 1.37 bits per heavy atom. The molecule has 0 bridgehead atoms. The van der Waals surface area contributed by atoms with Gasteiger partial charge in [0.25, 0.3) is 0 Å². The molecule has 104 valence electrons. The average molecular weight is 263 g/mol. The number of hydrogen-bond donors (Lipinski definition) is 3. The third kappa shape index (κ3) is 3.86. The Morgan fingerprint density at radius 2 is 2.00 bits per heavy atom. The van der Waals surface area contributed by atoms with Crippen molar-refractivity contribution in [3.8, 4) is 5.75 Å². The standard InChI is InChI=1S/C14H21N3O2/c1-19-12-6-4-11(5-7-12)17-13(15)16-10-14(18)8-2-3-9-14/h4-7,18H,2-3,8-10H2,1H3,(H3,15,16,17). The van der Waals surface area contributed by atoms with Gasteiger partial charge in [-0.25, -0.2) is 0 Å². The highest BCUT2D eigenvalue weighted by Gasteiger charge is 2.30. The van der Waals surface area contributed by atoms with Crippen molar-refractivity contribution in [1.29, 1.82) is 0 Å². The molecule has 0 atom stereocenters. The topological polar surface area (TPSA) is 79.9 Å². The fourth-order valence-corrected chi connectivity index (χ4v) is 2.29. The van der Waals surface area contributed by atoms with Crippen molar-refractivity contribution < 1.29 is 9.84 Å². The molecule has 0 unspecified atom stereocenters. The van der Waals surface area contributed by atoms with Crippen LogP contribution >= 0.6 is 0 Å². The van der Waals surface area contributed by atoms with Crippen LogP contribution in [0.4, 0.5) is 5.69 Å². The molecule has 0 radical (unpaired) electrons. The van der Waals surface area contributed by atoms with Crippen LogP contribution in [0.5, 0.6) is 5.75 Å². The summed E-state index contributed by atoms with van der Waals surface area (Å²) >= 11 is 0. The number of hydrogen-bond acceptors (Lipinski definition) is 3. The zero-order chi connectivity index (χ0) is 13.7. The summed E-state index contributed by atoms with van der Waals surface area (Å²) in [5.41, 5.74) is 6.00. The van der Waals surface area contributed by atoms with E-state index in [9.17, 15) is 5.11 Å². The van der Waals surface area contributed by atoms with E-state index in [0.29, 0.717) is 12.5 Å². The molecule has 1 aromatic carbocycles. The maximum Gasteiger partial charge on any atom is 0.193 e. The summed E-state index contributed by atoms with van der Waals surface area (Å²) in [6, 6.07) is 7.43. The van der Waals surface area contributed by atoms with Crippen LogP contribution in [-0.4, -0.2) is 30.3 Å². The summed E-state index contributed by atoms with van der Waals surface area (Å²) in [7, 11) is 1.63. The number of nitrogens with zero attached hydrogens (tertiary/aromatic N) is 1. The molecule has 5 nitrogen and oxygen atoms in total. The highest BCUT2D eigenvalue weighted by Crippen LogP contribution is 2.29. The maximum absolute atomic E-state index is 10.2. The monoisotopic (exact) mass is 263 g/mol. The van der Waals surface area contributed by atoms with Crippen LogP contribution < -0.4 is 15.8 Å². The molecule has 0 aromatic heterocycles. The number of nitrogens with two attached hydrogens (primary N) is 1. The van der Waals surface area contributed by atoms with Crippen LogP contribution in [0.25, 0.3) is 0 Å². The molecule has 1 fully saturated rings. The molecule has 2 rings (SSSR count). The summed E-state index contributed by atoms with van der Waals surface area (Å²) < 4.78 is 5.08. The molecule has 1 aliphatic carbocycles. The Morgan fingerprint density at radius 3 is 2.58 bits per heavy atom. The van der Waals surface area contributed by atoms with Gasteiger partial charge in [0.2, 0.25) is 0 Å². The number of benzene rings is 1. The second-order valence-corrected chi connectivity index (χ2v) is 4.99. The fourth-order valence-electron chi connectivity index (χ4n) is 2.29.